The van der Waals surface area contributed by atoms with Gasteiger partial charge in [0.2, 0.25) is 17.7 Å². The molecule has 3 amide bonds. The SMILES string of the molecule is C[C@H]1CN(C(=O)C[C@@]2(c3cccc(F)c3)CC(=O)N(Cc3cccnc3)C2=O)CCN1C. The standard InChI is InChI=1S/C24H27FN4O3/c1-17-15-28(10-9-27(17)2)21(30)12-24(19-6-3-7-20(25)11-19)13-22(31)29(23(24)32)16-18-5-4-8-26-14-18/h3-8,11,14,17H,9-10,12-13,15-16H2,1-2H3/t17-,24-/m0/s1. The summed E-state index contributed by atoms with van der Waals surface area (Å²) in [6.07, 6.45) is 2.88. The van der Waals surface area contributed by atoms with E-state index in [0.29, 0.717) is 24.2 Å². The maximum atomic E-state index is 14.1. The summed E-state index contributed by atoms with van der Waals surface area (Å²) in [5.41, 5.74) is -0.339. The molecule has 2 aliphatic heterocycles. The smallest absolute Gasteiger partial charge is 0.241 e. The minimum Gasteiger partial charge on any atom is -0.340 e. The average Bonchev–Trinajstić information content (AvgIpc) is 3.01. The zero-order valence-electron chi connectivity index (χ0n) is 18.3. The van der Waals surface area contributed by atoms with Crippen LogP contribution in [0.25, 0.3) is 0 Å². The molecule has 2 fully saturated rings. The van der Waals surface area contributed by atoms with Gasteiger partial charge in [-0.1, -0.05) is 18.2 Å². The van der Waals surface area contributed by atoms with Gasteiger partial charge in [-0.2, -0.15) is 0 Å². The number of likely N-dealkylation sites (N-methyl/N-ethyl adjacent to an activating group) is 1. The van der Waals surface area contributed by atoms with Crippen molar-refractivity contribution in [2.45, 2.75) is 37.8 Å². The van der Waals surface area contributed by atoms with E-state index in [0.717, 1.165) is 6.54 Å². The zero-order valence-corrected chi connectivity index (χ0v) is 18.3. The van der Waals surface area contributed by atoms with Gasteiger partial charge in [-0.15, -0.1) is 0 Å². The number of aromatic nitrogens is 1. The fourth-order valence-electron chi connectivity index (χ4n) is 4.53. The van der Waals surface area contributed by atoms with Crippen molar-refractivity contribution in [3.8, 4) is 0 Å². The average molecular weight is 439 g/mol. The minimum absolute atomic E-state index is 0.0717. The summed E-state index contributed by atoms with van der Waals surface area (Å²) in [6.45, 7) is 3.96. The molecular formula is C24H27FN4O3. The highest BCUT2D eigenvalue weighted by Crippen LogP contribution is 2.41. The number of benzene rings is 1. The Kier molecular flexibility index (Phi) is 6.06. The summed E-state index contributed by atoms with van der Waals surface area (Å²) in [4.78, 5) is 49.1. The molecule has 0 N–H and O–H groups in total. The molecule has 1 aromatic carbocycles. The largest absolute Gasteiger partial charge is 0.340 e. The number of imide groups is 1. The number of pyridine rings is 1. The van der Waals surface area contributed by atoms with Crippen molar-refractivity contribution in [1.29, 1.82) is 0 Å². The summed E-state index contributed by atoms with van der Waals surface area (Å²) in [5.74, 6) is -1.54. The van der Waals surface area contributed by atoms with Gasteiger partial charge in [0.1, 0.15) is 5.82 Å². The first-order valence-corrected chi connectivity index (χ1v) is 10.8. The van der Waals surface area contributed by atoms with E-state index in [1.54, 1.807) is 35.5 Å². The van der Waals surface area contributed by atoms with E-state index in [4.69, 9.17) is 0 Å². The second kappa shape index (κ2) is 8.78. The number of rotatable bonds is 5. The number of nitrogens with zero attached hydrogens (tertiary/aromatic N) is 4. The van der Waals surface area contributed by atoms with E-state index in [9.17, 15) is 18.8 Å². The molecule has 2 saturated heterocycles. The van der Waals surface area contributed by atoms with Crippen molar-refractivity contribution >= 4 is 17.7 Å². The van der Waals surface area contributed by atoms with Crippen molar-refractivity contribution in [2.24, 2.45) is 0 Å². The molecule has 0 radical (unpaired) electrons. The maximum absolute atomic E-state index is 14.1. The van der Waals surface area contributed by atoms with E-state index in [-0.39, 0.29) is 37.2 Å². The van der Waals surface area contributed by atoms with Gasteiger partial charge in [0, 0.05) is 50.9 Å². The highest BCUT2D eigenvalue weighted by atomic mass is 19.1. The summed E-state index contributed by atoms with van der Waals surface area (Å²) in [6, 6.07) is 9.40. The van der Waals surface area contributed by atoms with Gasteiger partial charge in [0.05, 0.1) is 12.0 Å². The molecule has 0 unspecified atom stereocenters. The van der Waals surface area contributed by atoms with E-state index in [1.807, 2.05) is 14.0 Å². The van der Waals surface area contributed by atoms with E-state index >= 15 is 0 Å². The second-order valence-electron chi connectivity index (χ2n) is 8.76. The van der Waals surface area contributed by atoms with Gasteiger partial charge in [-0.25, -0.2) is 4.39 Å². The van der Waals surface area contributed by atoms with Crippen LogP contribution in [0.5, 0.6) is 0 Å². The molecule has 168 valence electrons. The lowest BCUT2D eigenvalue weighted by Crippen LogP contribution is -2.53. The fourth-order valence-corrected chi connectivity index (χ4v) is 4.53. The molecule has 1 aromatic heterocycles. The lowest BCUT2D eigenvalue weighted by atomic mass is 9.75. The number of amides is 3. The quantitative estimate of drug-likeness (QED) is 0.668. The first-order valence-electron chi connectivity index (χ1n) is 10.8. The number of carbonyl (C=O) groups excluding carboxylic acids is 3. The summed E-state index contributed by atoms with van der Waals surface area (Å²) in [7, 11) is 2.01. The van der Waals surface area contributed by atoms with Gasteiger partial charge >= 0.3 is 0 Å². The normalized spacial score (nSPS) is 24.3. The van der Waals surface area contributed by atoms with Gasteiger partial charge in [0.25, 0.3) is 0 Å². The molecule has 0 aliphatic carbocycles. The third-order valence-corrected chi connectivity index (χ3v) is 6.61. The van der Waals surface area contributed by atoms with Crippen LogP contribution in [0.3, 0.4) is 0 Å². The molecule has 32 heavy (non-hydrogen) atoms. The number of hydrogen-bond acceptors (Lipinski definition) is 5. The van der Waals surface area contributed by atoms with Crippen molar-refractivity contribution < 1.29 is 18.8 Å². The van der Waals surface area contributed by atoms with Crippen LogP contribution in [0.4, 0.5) is 4.39 Å². The topological polar surface area (TPSA) is 73.8 Å². The summed E-state index contributed by atoms with van der Waals surface area (Å²) >= 11 is 0. The monoisotopic (exact) mass is 438 g/mol. The highest BCUT2D eigenvalue weighted by Gasteiger charge is 2.54. The van der Waals surface area contributed by atoms with E-state index in [2.05, 4.69) is 9.88 Å². The van der Waals surface area contributed by atoms with Crippen molar-refractivity contribution in [2.75, 3.05) is 26.7 Å². The van der Waals surface area contributed by atoms with Crippen molar-refractivity contribution in [1.82, 2.24) is 19.7 Å². The predicted molar refractivity (Wildman–Crippen MR) is 116 cm³/mol. The zero-order chi connectivity index (χ0) is 22.9. The number of carbonyl (C=O) groups is 3. The Balaban J connectivity index is 1.66. The molecule has 8 heteroatoms. The fraction of sp³-hybridized carbons (Fsp3) is 0.417. The molecule has 7 nitrogen and oxygen atoms in total. The molecule has 0 saturated carbocycles. The van der Waals surface area contributed by atoms with Gasteiger partial charge in [-0.05, 0) is 43.3 Å². The van der Waals surface area contributed by atoms with Gasteiger partial charge < -0.3 is 9.80 Å². The molecule has 0 bridgehead atoms. The van der Waals surface area contributed by atoms with Crippen LogP contribution in [0, 0.1) is 5.82 Å². The lowest BCUT2D eigenvalue weighted by Gasteiger charge is -2.39. The highest BCUT2D eigenvalue weighted by molar-refractivity contribution is 6.10. The van der Waals surface area contributed by atoms with Crippen LogP contribution in [-0.4, -0.2) is 70.1 Å². The molecular weight excluding hydrogens is 411 g/mol. The second-order valence-corrected chi connectivity index (χ2v) is 8.76. The van der Waals surface area contributed by atoms with Crippen molar-refractivity contribution in [3.05, 3.63) is 65.7 Å². The van der Waals surface area contributed by atoms with E-state index < -0.39 is 17.1 Å². The van der Waals surface area contributed by atoms with Crippen molar-refractivity contribution in [3.63, 3.8) is 0 Å². The molecule has 4 rings (SSSR count). The third-order valence-electron chi connectivity index (χ3n) is 6.61. The Morgan fingerprint density at radius 2 is 2.03 bits per heavy atom. The van der Waals surface area contributed by atoms with E-state index in [1.165, 1.54) is 23.1 Å². The molecule has 3 heterocycles. The van der Waals surface area contributed by atoms with Crippen LogP contribution in [0.15, 0.2) is 48.8 Å². The number of likely N-dealkylation sites (tertiary alicyclic amines) is 1. The minimum atomic E-state index is -1.41. The first-order chi connectivity index (χ1) is 15.3. The van der Waals surface area contributed by atoms with Gasteiger partial charge in [-0.3, -0.25) is 24.3 Å². The lowest BCUT2D eigenvalue weighted by molar-refractivity contribution is -0.144. The number of hydrogen-bond donors (Lipinski definition) is 0. The summed E-state index contributed by atoms with van der Waals surface area (Å²) in [5, 5.41) is 0. The van der Waals surface area contributed by atoms with Crippen LogP contribution in [0.1, 0.15) is 30.9 Å². The Bertz CT molecular complexity index is 1030. The Labute approximate surface area is 186 Å². The molecule has 2 aliphatic rings. The van der Waals surface area contributed by atoms with Crippen LogP contribution >= 0.6 is 0 Å². The molecule has 2 aromatic rings. The van der Waals surface area contributed by atoms with Crippen LogP contribution < -0.4 is 0 Å². The number of halogens is 1. The molecule has 2 atom stereocenters. The number of piperazine rings is 1. The predicted octanol–water partition coefficient (Wildman–Crippen LogP) is 1.97. The van der Waals surface area contributed by atoms with Gasteiger partial charge in [0.15, 0.2) is 0 Å². The third kappa shape index (κ3) is 4.14. The van der Waals surface area contributed by atoms with Crippen LogP contribution in [0.2, 0.25) is 0 Å². The first kappa shape index (κ1) is 22.1. The van der Waals surface area contributed by atoms with Crippen LogP contribution in [-0.2, 0) is 26.3 Å². The maximum Gasteiger partial charge on any atom is 0.241 e. The molecule has 0 spiro atoms. The Hall–Kier alpha value is -3.13. The Morgan fingerprint density at radius 3 is 2.72 bits per heavy atom. The Morgan fingerprint density at radius 1 is 1.22 bits per heavy atom. The summed E-state index contributed by atoms with van der Waals surface area (Å²) < 4.78 is 14.1.